The molecule has 0 aliphatic rings. The highest BCUT2D eigenvalue weighted by Crippen LogP contribution is 2.29. The van der Waals surface area contributed by atoms with Crippen molar-refractivity contribution < 1.29 is 23.8 Å². The van der Waals surface area contributed by atoms with Gasteiger partial charge in [-0.1, -0.05) is 24.3 Å². The van der Waals surface area contributed by atoms with Crippen molar-refractivity contribution in [1.29, 1.82) is 0 Å². The van der Waals surface area contributed by atoms with E-state index in [1.807, 2.05) is 31.2 Å². The van der Waals surface area contributed by atoms with Crippen LogP contribution in [0.3, 0.4) is 0 Å². The number of hydrazone groups is 1. The second-order valence-corrected chi connectivity index (χ2v) is 7.53. The molecule has 0 spiro atoms. The standard InChI is InChI=1S/C24H21BrN2O5/c1-16-6-5-7-18(12-16)31-15-23(28)27-26-14-17-10-11-21(22(13-17)30-2)32-24(29)19-8-3-4-9-20(19)25/h3-14H,15H2,1-2H3,(H,27,28)/b26-14-. The SMILES string of the molecule is COc1cc(/C=N\NC(=O)COc2cccc(C)c2)ccc1OC(=O)c1ccccc1Br. The molecule has 1 amide bonds. The summed E-state index contributed by atoms with van der Waals surface area (Å²) in [5.41, 5.74) is 4.48. The number of carbonyl (C=O) groups is 2. The Morgan fingerprint density at radius 2 is 1.84 bits per heavy atom. The first-order chi connectivity index (χ1) is 15.5. The van der Waals surface area contributed by atoms with Gasteiger partial charge in [-0.3, -0.25) is 4.79 Å². The molecule has 0 atom stereocenters. The van der Waals surface area contributed by atoms with Gasteiger partial charge in [0, 0.05) is 4.47 Å². The number of nitrogens with zero attached hydrogens (tertiary/aromatic N) is 1. The lowest BCUT2D eigenvalue weighted by Crippen LogP contribution is -2.24. The second kappa shape index (κ2) is 11.1. The molecule has 32 heavy (non-hydrogen) atoms. The monoisotopic (exact) mass is 496 g/mol. The first kappa shape index (κ1) is 23.0. The van der Waals surface area contributed by atoms with E-state index in [-0.39, 0.29) is 12.4 Å². The van der Waals surface area contributed by atoms with Crippen LogP contribution in [-0.4, -0.2) is 31.8 Å². The molecule has 8 heteroatoms. The van der Waals surface area contributed by atoms with E-state index in [4.69, 9.17) is 14.2 Å². The largest absolute Gasteiger partial charge is 0.493 e. The minimum Gasteiger partial charge on any atom is -0.493 e. The smallest absolute Gasteiger partial charge is 0.344 e. The molecule has 0 radical (unpaired) electrons. The van der Waals surface area contributed by atoms with Crippen LogP contribution in [0, 0.1) is 6.92 Å². The number of halogens is 1. The van der Waals surface area contributed by atoms with E-state index < -0.39 is 11.9 Å². The number of esters is 1. The van der Waals surface area contributed by atoms with Crippen LogP contribution in [0.4, 0.5) is 0 Å². The van der Waals surface area contributed by atoms with Gasteiger partial charge < -0.3 is 14.2 Å². The van der Waals surface area contributed by atoms with Crippen LogP contribution in [0.2, 0.25) is 0 Å². The number of methoxy groups -OCH3 is 1. The van der Waals surface area contributed by atoms with Crippen LogP contribution in [0.25, 0.3) is 0 Å². The highest BCUT2D eigenvalue weighted by molar-refractivity contribution is 9.10. The maximum Gasteiger partial charge on any atom is 0.344 e. The zero-order chi connectivity index (χ0) is 22.9. The second-order valence-electron chi connectivity index (χ2n) is 6.68. The van der Waals surface area contributed by atoms with Gasteiger partial charge in [-0.25, -0.2) is 10.2 Å². The Morgan fingerprint density at radius 3 is 2.59 bits per heavy atom. The van der Waals surface area contributed by atoms with E-state index in [0.717, 1.165) is 5.56 Å². The fourth-order valence-electron chi connectivity index (χ4n) is 2.70. The highest BCUT2D eigenvalue weighted by Gasteiger charge is 2.15. The van der Waals surface area contributed by atoms with Gasteiger partial charge in [0.1, 0.15) is 5.75 Å². The average molecular weight is 497 g/mol. The lowest BCUT2D eigenvalue weighted by Gasteiger charge is -2.10. The van der Waals surface area contributed by atoms with Gasteiger partial charge in [-0.2, -0.15) is 5.10 Å². The Morgan fingerprint density at radius 1 is 1.03 bits per heavy atom. The van der Waals surface area contributed by atoms with Crippen molar-refractivity contribution >= 4 is 34.0 Å². The van der Waals surface area contributed by atoms with Crippen molar-refractivity contribution in [3.8, 4) is 17.2 Å². The van der Waals surface area contributed by atoms with Crippen LogP contribution in [0.1, 0.15) is 21.5 Å². The molecule has 3 rings (SSSR count). The number of amides is 1. The van der Waals surface area contributed by atoms with E-state index in [1.54, 1.807) is 42.5 Å². The molecule has 7 nitrogen and oxygen atoms in total. The van der Waals surface area contributed by atoms with Gasteiger partial charge in [0.05, 0.1) is 18.9 Å². The summed E-state index contributed by atoms with van der Waals surface area (Å²) in [7, 11) is 1.47. The number of hydrogen-bond donors (Lipinski definition) is 1. The molecule has 0 unspecified atom stereocenters. The maximum atomic E-state index is 12.4. The molecule has 0 heterocycles. The number of aryl methyl sites for hydroxylation is 1. The van der Waals surface area contributed by atoms with Gasteiger partial charge in [0.15, 0.2) is 18.1 Å². The van der Waals surface area contributed by atoms with Crippen molar-refractivity contribution in [2.45, 2.75) is 6.92 Å². The molecule has 164 valence electrons. The Labute approximate surface area is 194 Å². The normalized spacial score (nSPS) is 10.6. The first-order valence-electron chi connectivity index (χ1n) is 9.62. The zero-order valence-corrected chi connectivity index (χ0v) is 19.1. The molecule has 0 aromatic heterocycles. The molecule has 0 fully saturated rings. The molecule has 0 aliphatic carbocycles. The summed E-state index contributed by atoms with van der Waals surface area (Å²) in [6.45, 7) is 1.78. The summed E-state index contributed by atoms with van der Waals surface area (Å²) in [6.07, 6.45) is 1.45. The topological polar surface area (TPSA) is 86.2 Å². The number of carbonyl (C=O) groups excluding carboxylic acids is 2. The van der Waals surface area contributed by atoms with Crippen LogP contribution in [-0.2, 0) is 4.79 Å². The quantitative estimate of drug-likeness (QED) is 0.214. The predicted octanol–water partition coefficient (Wildman–Crippen LogP) is 4.51. The molecule has 3 aromatic carbocycles. The summed E-state index contributed by atoms with van der Waals surface area (Å²) in [5.74, 6) is 0.317. The van der Waals surface area contributed by atoms with E-state index in [1.165, 1.54) is 13.3 Å². The molecular weight excluding hydrogens is 476 g/mol. The summed E-state index contributed by atoms with van der Waals surface area (Å²) in [4.78, 5) is 24.3. The maximum absolute atomic E-state index is 12.4. The minimum atomic E-state index is -0.516. The van der Waals surface area contributed by atoms with Gasteiger partial charge in [-0.05, 0) is 76.4 Å². The Kier molecular flexibility index (Phi) is 7.99. The van der Waals surface area contributed by atoms with Crippen LogP contribution in [0.15, 0.2) is 76.3 Å². The van der Waals surface area contributed by atoms with Crippen molar-refractivity contribution in [1.82, 2.24) is 5.43 Å². The number of benzene rings is 3. The Hall–Kier alpha value is -3.65. The molecular formula is C24H21BrN2O5. The third kappa shape index (κ3) is 6.42. The van der Waals surface area contributed by atoms with Crippen LogP contribution < -0.4 is 19.6 Å². The average Bonchev–Trinajstić information content (AvgIpc) is 2.79. The molecule has 3 aromatic rings. The highest BCUT2D eigenvalue weighted by atomic mass is 79.9. The Balaban J connectivity index is 1.58. The fourth-order valence-corrected chi connectivity index (χ4v) is 3.14. The Bertz CT molecular complexity index is 1150. The number of nitrogens with one attached hydrogen (secondary N) is 1. The van der Waals surface area contributed by atoms with Crippen molar-refractivity contribution in [2.75, 3.05) is 13.7 Å². The van der Waals surface area contributed by atoms with Crippen molar-refractivity contribution in [3.63, 3.8) is 0 Å². The predicted molar refractivity (Wildman–Crippen MR) is 125 cm³/mol. The van der Waals surface area contributed by atoms with Crippen molar-refractivity contribution in [2.24, 2.45) is 5.10 Å². The van der Waals surface area contributed by atoms with E-state index in [0.29, 0.717) is 27.1 Å². The van der Waals surface area contributed by atoms with Crippen LogP contribution in [0.5, 0.6) is 17.2 Å². The lowest BCUT2D eigenvalue weighted by atomic mass is 10.2. The molecule has 1 N–H and O–H groups in total. The van der Waals surface area contributed by atoms with Gasteiger partial charge in [-0.15, -0.1) is 0 Å². The third-order valence-corrected chi connectivity index (χ3v) is 4.94. The summed E-state index contributed by atoms with van der Waals surface area (Å²) >= 11 is 3.33. The van der Waals surface area contributed by atoms with Crippen LogP contribution >= 0.6 is 15.9 Å². The third-order valence-electron chi connectivity index (χ3n) is 4.25. The molecule has 0 bridgehead atoms. The molecule has 0 aliphatic heterocycles. The lowest BCUT2D eigenvalue weighted by molar-refractivity contribution is -0.123. The number of hydrogen-bond acceptors (Lipinski definition) is 6. The van der Waals surface area contributed by atoms with Gasteiger partial charge >= 0.3 is 5.97 Å². The number of ether oxygens (including phenoxy) is 3. The summed E-state index contributed by atoms with van der Waals surface area (Å²) < 4.78 is 16.8. The van der Waals surface area contributed by atoms with E-state index >= 15 is 0 Å². The number of rotatable bonds is 8. The molecule has 0 saturated carbocycles. The molecule has 0 saturated heterocycles. The van der Waals surface area contributed by atoms with E-state index in [2.05, 4.69) is 26.5 Å². The van der Waals surface area contributed by atoms with Crippen molar-refractivity contribution in [3.05, 3.63) is 87.9 Å². The zero-order valence-electron chi connectivity index (χ0n) is 17.5. The minimum absolute atomic E-state index is 0.159. The van der Waals surface area contributed by atoms with Gasteiger partial charge in [0.25, 0.3) is 5.91 Å². The fraction of sp³-hybridized carbons (Fsp3) is 0.125. The van der Waals surface area contributed by atoms with Gasteiger partial charge in [0.2, 0.25) is 0 Å². The first-order valence-corrected chi connectivity index (χ1v) is 10.4. The summed E-state index contributed by atoms with van der Waals surface area (Å²) in [6, 6.07) is 19.3. The summed E-state index contributed by atoms with van der Waals surface area (Å²) in [5, 5.41) is 3.92. The van der Waals surface area contributed by atoms with E-state index in [9.17, 15) is 9.59 Å².